The lowest BCUT2D eigenvalue weighted by Crippen LogP contribution is -2.65. The number of ether oxygens (including phenoxy) is 5. The minimum Gasteiger partial charge on any atom is -0.438 e. The molecule has 0 spiro atoms. The van der Waals surface area contributed by atoms with Crippen LogP contribution in [0.3, 0.4) is 0 Å². The third kappa shape index (κ3) is 9.38. The molecule has 1 rings (SSSR count). The summed E-state index contributed by atoms with van der Waals surface area (Å²) in [6.07, 6.45) is -6.18. The van der Waals surface area contributed by atoms with E-state index in [9.17, 15) is 24.9 Å². The van der Waals surface area contributed by atoms with Crippen molar-refractivity contribution in [1.29, 1.82) is 0 Å². The van der Waals surface area contributed by atoms with Crippen LogP contribution in [0.15, 0.2) is 0 Å². The Morgan fingerprint density at radius 1 is 0.710 bits per heavy atom. The van der Waals surface area contributed by atoms with Crippen molar-refractivity contribution >= 4 is 11.9 Å². The van der Waals surface area contributed by atoms with E-state index in [0.29, 0.717) is 24.7 Å². The van der Waals surface area contributed by atoms with Crippen molar-refractivity contribution < 1.29 is 48.6 Å². The van der Waals surface area contributed by atoms with Crippen LogP contribution in [0, 0.1) is 11.8 Å². The second-order valence-corrected chi connectivity index (χ2v) is 8.57. The standard InChI is InChI=1S/C21H38O10/c1-12(2)6-8-14(22)28-10-30-20-17(25)16(24)19(27-5)18(26)21(20)31-11-29-15(23)9-7-13(3)4/h12-13,16-21,24-26H,6-11H2,1-5H3. The van der Waals surface area contributed by atoms with Gasteiger partial charge in [0.2, 0.25) is 0 Å². The summed E-state index contributed by atoms with van der Waals surface area (Å²) in [5, 5.41) is 31.2. The van der Waals surface area contributed by atoms with Crippen LogP contribution < -0.4 is 0 Å². The number of aliphatic hydroxyl groups is 3. The third-order valence-electron chi connectivity index (χ3n) is 5.10. The normalized spacial score (nSPS) is 28.7. The first-order valence-corrected chi connectivity index (χ1v) is 10.7. The van der Waals surface area contributed by atoms with Crippen LogP contribution in [0.5, 0.6) is 0 Å². The molecule has 10 nitrogen and oxygen atoms in total. The number of hydrogen-bond acceptors (Lipinski definition) is 10. The second kappa shape index (κ2) is 14.0. The van der Waals surface area contributed by atoms with Gasteiger partial charge >= 0.3 is 11.9 Å². The van der Waals surface area contributed by atoms with Gasteiger partial charge in [-0.05, 0) is 24.7 Å². The SMILES string of the molecule is COC1C(O)C(O)C(OCOC(=O)CCC(C)C)C(OCOC(=O)CCC(C)C)C1O. The molecule has 0 bridgehead atoms. The fourth-order valence-electron chi connectivity index (χ4n) is 3.15. The Kier molecular flexibility index (Phi) is 12.5. The van der Waals surface area contributed by atoms with Gasteiger partial charge in [-0.25, -0.2) is 0 Å². The first-order chi connectivity index (χ1) is 14.6. The zero-order valence-corrected chi connectivity index (χ0v) is 19.1. The second-order valence-electron chi connectivity index (χ2n) is 8.57. The predicted molar refractivity (Wildman–Crippen MR) is 109 cm³/mol. The Labute approximate surface area is 183 Å². The molecule has 10 heteroatoms. The number of hydrogen-bond donors (Lipinski definition) is 3. The fraction of sp³-hybridized carbons (Fsp3) is 0.905. The smallest absolute Gasteiger partial charge is 0.307 e. The van der Waals surface area contributed by atoms with Gasteiger partial charge in [-0.1, -0.05) is 27.7 Å². The molecule has 6 atom stereocenters. The van der Waals surface area contributed by atoms with Crippen molar-refractivity contribution in [3.8, 4) is 0 Å². The van der Waals surface area contributed by atoms with Gasteiger partial charge in [-0.2, -0.15) is 0 Å². The number of aliphatic hydroxyl groups excluding tert-OH is 3. The van der Waals surface area contributed by atoms with Gasteiger partial charge in [-0.3, -0.25) is 9.59 Å². The molecule has 31 heavy (non-hydrogen) atoms. The molecule has 6 unspecified atom stereocenters. The summed E-state index contributed by atoms with van der Waals surface area (Å²) in [4.78, 5) is 23.5. The van der Waals surface area contributed by atoms with Gasteiger partial charge in [0.15, 0.2) is 13.6 Å². The van der Waals surface area contributed by atoms with E-state index in [2.05, 4.69) is 0 Å². The van der Waals surface area contributed by atoms with Gasteiger partial charge in [0.05, 0.1) is 0 Å². The summed E-state index contributed by atoms with van der Waals surface area (Å²) in [6, 6.07) is 0. The number of esters is 2. The summed E-state index contributed by atoms with van der Waals surface area (Å²) in [5.74, 6) is -0.245. The van der Waals surface area contributed by atoms with Crippen molar-refractivity contribution in [3.63, 3.8) is 0 Å². The van der Waals surface area contributed by atoms with Gasteiger partial charge < -0.3 is 39.0 Å². The molecule has 0 aliphatic heterocycles. The van der Waals surface area contributed by atoms with E-state index in [1.165, 1.54) is 7.11 Å². The first-order valence-electron chi connectivity index (χ1n) is 10.7. The van der Waals surface area contributed by atoms with Crippen LogP contribution in [-0.4, -0.2) is 84.6 Å². The van der Waals surface area contributed by atoms with Gasteiger partial charge in [-0.15, -0.1) is 0 Å². The van der Waals surface area contributed by atoms with Crippen LogP contribution >= 0.6 is 0 Å². The molecular formula is C21H38O10. The largest absolute Gasteiger partial charge is 0.438 e. The van der Waals surface area contributed by atoms with E-state index in [4.69, 9.17) is 23.7 Å². The summed E-state index contributed by atoms with van der Waals surface area (Å²) < 4.78 is 26.0. The molecule has 182 valence electrons. The highest BCUT2D eigenvalue weighted by atomic mass is 16.7. The summed E-state index contributed by atoms with van der Waals surface area (Å²) in [7, 11) is 1.27. The molecule has 1 aliphatic rings. The van der Waals surface area contributed by atoms with Crippen molar-refractivity contribution in [3.05, 3.63) is 0 Å². The Hall–Kier alpha value is -1.30. The van der Waals surface area contributed by atoms with Crippen LogP contribution in [-0.2, 0) is 33.3 Å². The maximum atomic E-state index is 11.8. The quantitative estimate of drug-likeness (QED) is 0.272. The Balaban J connectivity index is 2.67. The minimum absolute atomic E-state index is 0.220. The highest BCUT2D eigenvalue weighted by Crippen LogP contribution is 2.28. The predicted octanol–water partition coefficient (Wildman–Crippen LogP) is 0.742. The summed E-state index contributed by atoms with van der Waals surface area (Å²) >= 11 is 0. The van der Waals surface area contributed by atoms with E-state index in [1.807, 2.05) is 27.7 Å². The zero-order chi connectivity index (χ0) is 23.6. The molecule has 0 aromatic heterocycles. The Morgan fingerprint density at radius 3 is 1.48 bits per heavy atom. The molecule has 3 N–H and O–H groups in total. The van der Waals surface area contributed by atoms with Gasteiger partial charge in [0, 0.05) is 20.0 Å². The molecule has 1 aliphatic carbocycles. The molecule has 0 amide bonds. The van der Waals surface area contributed by atoms with Gasteiger partial charge in [0.1, 0.15) is 36.6 Å². The molecule has 0 saturated heterocycles. The highest BCUT2D eigenvalue weighted by molar-refractivity contribution is 5.69. The summed E-state index contributed by atoms with van der Waals surface area (Å²) in [5.41, 5.74) is 0. The maximum Gasteiger partial charge on any atom is 0.307 e. The number of rotatable bonds is 13. The van der Waals surface area contributed by atoms with Crippen molar-refractivity contribution in [1.82, 2.24) is 0 Å². The number of carbonyl (C=O) groups is 2. The molecular weight excluding hydrogens is 412 g/mol. The number of carbonyl (C=O) groups excluding carboxylic acids is 2. The van der Waals surface area contributed by atoms with Crippen LogP contribution in [0.4, 0.5) is 0 Å². The van der Waals surface area contributed by atoms with E-state index >= 15 is 0 Å². The average molecular weight is 451 g/mol. The van der Waals surface area contributed by atoms with E-state index in [-0.39, 0.29) is 12.8 Å². The molecule has 0 aromatic rings. The Bertz CT molecular complexity index is 538. The van der Waals surface area contributed by atoms with E-state index in [1.54, 1.807) is 0 Å². The fourth-order valence-corrected chi connectivity index (χ4v) is 3.15. The zero-order valence-electron chi connectivity index (χ0n) is 19.1. The lowest BCUT2D eigenvalue weighted by Gasteiger charge is -2.44. The van der Waals surface area contributed by atoms with E-state index < -0.39 is 62.1 Å². The lowest BCUT2D eigenvalue weighted by molar-refractivity contribution is -0.274. The lowest BCUT2D eigenvalue weighted by atomic mass is 9.84. The Morgan fingerprint density at radius 2 is 1.10 bits per heavy atom. The third-order valence-corrected chi connectivity index (χ3v) is 5.10. The summed E-state index contributed by atoms with van der Waals surface area (Å²) in [6.45, 7) is 6.95. The monoisotopic (exact) mass is 450 g/mol. The molecule has 0 heterocycles. The van der Waals surface area contributed by atoms with Crippen molar-refractivity contribution in [2.24, 2.45) is 11.8 Å². The highest BCUT2D eigenvalue weighted by Gasteiger charge is 2.51. The maximum absolute atomic E-state index is 11.8. The molecule has 0 radical (unpaired) electrons. The minimum atomic E-state index is -1.50. The number of methoxy groups -OCH3 is 1. The molecule has 1 fully saturated rings. The first kappa shape index (κ1) is 27.7. The van der Waals surface area contributed by atoms with Crippen molar-refractivity contribution in [2.75, 3.05) is 20.7 Å². The van der Waals surface area contributed by atoms with E-state index in [0.717, 1.165) is 0 Å². The van der Waals surface area contributed by atoms with Crippen LogP contribution in [0.25, 0.3) is 0 Å². The van der Waals surface area contributed by atoms with Crippen molar-refractivity contribution in [2.45, 2.75) is 90.0 Å². The average Bonchev–Trinajstić information content (AvgIpc) is 2.70. The van der Waals surface area contributed by atoms with Crippen LogP contribution in [0.1, 0.15) is 53.4 Å². The topological polar surface area (TPSA) is 141 Å². The molecule has 0 aromatic carbocycles. The van der Waals surface area contributed by atoms with Gasteiger partial charge in [0.25, 0.3) is 0 Å². The van der Waals surface area contributed by atoms with Crippen LogP contribution in [0.2, 0.25) is 0 Å². The molecule has 1 saturated carbocycles.